The number of carbonyl (C=O) groups excluding carboxylic acids is 5. The smallest absolute Gasteiger partial charge is 0.325 e. The van der Waals surface area contributed by atoms with E-state index in [1.807, 2.05) is 6.92 Å². The summed E-state index contributed by atoms with van der Waals surface area (Å²) >= 11 is 0. The number of amides is 5. The summed E-state index contributed by atoms with van der Waals surface area (Å²) in [5.74, 6) is -1.76. The molecule has 2 heterocycles. The highest BCUT2D eigenvalue weighted by atomic mass is 16.5. The molecule has 0 aromatic heterocycles. The number of esters is 1. The first-order valence-electron chi connectivity index (χ1n) is 11.5. The van der Waals surface area contributed by atoms with E-state index in [1.54, 1.807) is 11.8 Å². The molecule has 3 aliphatic rings. The summed E-state index contributed by atoms with van der Waals surface area (Å²) in [5.41, 5.74) is -0.917. The Morgan fingerprint density at radius 3 is 2.62 bits per heavy atom. The van der Waals surface area contributed by atoms with Gasteiger partial charge in [0.15, 0.2) is 0 Å². The van der Waals surface area contributed by atoms with Gasteiger partial charge < -0.3 is 19.9 Å². The number of nitrogens with one attached hydrogen (secondary N) is 1. The van der Waals surface area contributed by atoms with Crippen LogP contribution in [0.15, 0.2) is 0 Å². The van der Waals surface area contributed by atoms with Crippen LogP contribution < -0.4 is 5.32 Å². The molecule has 1 N–H and O–H groups in total. The van der Waals surface area contributed by atoms with Gasteiger partial charge >= 0.3 is 12.0 Å². The van der Waals surface area contributed by atoms with Gasteiger partial charge in [-0.05, 0) is 38.5 Å². The number of imide groups is 1. The van der Waals surface area contributed by atoms with E-state index in [0.717, 1.165) is 24.2 Å². The van der Waals surface area contributed by atoms with E-state index in [9.17, 15) is 24.0 Å². The van der Waals surface area contributed by atoms with Crippen LogP contribution in [-0.2, 0) is 23.9 Å². The van der Waals surface area contributed by atoms with E-state index < -0.39 is 24.0 Å². The van der Waals surface area contributed by atoms with E-state index in [2.05, 4.69) is 5.32 Å². The van der Waals surface area contributed by atoms with E-state index in [4.69, 9.17) is 4.74 Å². The lowest BCUT2D eigenvalue weighted by atomic mass is 9.73. The molecule has 1 spiro atoms. The van der Waals surface area contributed by atoms with Crippen molar-refractivity contribution in [1.82, 2.24) is 20.0 Å². The second-order valence-corrected chi connectivity index (χ2v) is 9.12. The van der Waals surface area contributed by atoms with Crippen molar-refractivity contribution in [3.8, 4) is 0 Å². The number of piperidine rings is 1. The minimum atomic E-state index is -0.917. The minimum absolute atomic E-state index is 0.0126. The lowest BCUT2D eigenvalue weighted by Crippen LogP contribution is -2.54. The number of hydrogen-bond acceptors (Lipinski definition) is 6. The molecule has 3 rings (SSSR count). The Morgan fingerprint density at radius 1 is 1.19 bits per heavy atom. The van der Waals surface area contributed by atoms with Crippen LogP contribution in [0, 0.1) is 11.8 Å². The molecule has 3 fully saturated rings. The lowest BCUT2D eigenvalue weighted by Gasteiger charge is -2.36. The molecule has 0 radical (unpaired) electrons. The number of likely N-dealkylation sites (tertiary alicyclic amines) is 1. The van der Waals surface area contributed by atoms with Crippen LogP contribution in [-0.4, -0.2) is 89.8 Å². The Morgan fingerprint density at radius 2 is 1.94 bits per heavy atom. The Labute approximate surface area is 188 Å². The molecule has 178 valence electrons. The van der Waals surface area contributed by atoms with Crippen LogP contribution in [0.25, 0.3) is 0 Å². The summed E-state index contributed by atoms with van der Waals surface area (Å²) in [4.78, 5) is 66.7. The van der Waals surface area contributed by atoms with Gasteiger partial charge in [-0.2, -0.15) is 0 Å². The number of nitrogens with zero attached hydrogens (tertiary/aromatic N) is 3. The van der Waals surface area contributed by atoms with Gasteiger partial charge in [-0.1, -0.05) is 19.8 Å². The average molecular weight is 451 g/mol. The van der Waals surface area contributed by atoms with Gasteiger partial charge in [-0.3, -0.25) is 24.1 Å². The van der Waals surface area contributed by atoms with Gasteiger partial charge in [0.25, 0.3) is 5.91 Å². The van der Waals surface area contributed by atoms with Crippen molar-refractivity contribution in [3.05, 3.63) is 0 Å². The molecule has 3 unspecified atom stereocenters. The van der Waals surface area contributed by atoms with Crippen molar-refractivity contribution >= 4 is 29.7 Å². The molecule has 0 aromatic carbocycles. The molecule has 1 aliphatic carbocycles. The lowest BCUT2D eigenvalue weighted by molar-refractivity contribution is -0.152. The van der Waals surface area contributed by atoms with Crippen molar-refractivity contribution in [2.75, 3.05) is 39.8 Å². The van der Waals surface area contributed by atoms with Crippen LogP contribution in [0.5, 0.6) is 0 Å². The molecule has 10 nitrogen and oxygen atoms in total. The number of hydrogen-bond donors (Lipinski definition) is 1. The van der Waals surface area contributed by atoms with Gasteiger partial charge in [0.2, 0.25) is 11.8 Å². The SMILES string of the molecule is CCOC(=O)C1CCCN(C(=O)CN(C)C(=O)CN2C(=O)NC3(CCCCC3C)C2=O)C1. The highest BCUT2D eigenvalue weighted by Crippen LogP contribution is 2.38. The number of likely N-dealkylation sites (N-methyl/N-ethyl adjacent to an activating group) is 1. The molecule has 2 aliphatic heterocycles. The van der Waals surface area contributed by atoms with E-state index >= 15 is 0 Å². The molecular formula is C22H34N4O6. The summed E-state index contributed by atoms with van der Waals surface area (Å²) in [6.07, 6.45) is 4.66. The maximum absolute atomic E-state index is 13.0. The topological polar surface area (TPSA) is 116 Å². The summed E-state index contributed by atoms with van der Waals surface area (Å²) in [6, 6.07) is -0.551. The number of ether oxygens (including phenoxy) is 1. The Hall–Kier alpha value is -2.65. The molecule has 0 aromatic rings. The molecule has 2 saturated heterocycles. The predicted molar refractivity (Wildman–Crippen MR) is 114 cm³/mol. The number of carbonyl (C=O) groups is 5. The highest BCUT2D eigenvalue weighted by molar-refractivity contribution is 6.09. The molecule has 0 bridgehead atoms. The van der Waals surface area contributed by atoms with Crippen molar-refractivity contribution in [1.29, 1.82) is 0 Å². The number of rotatable bonds is 6. The molecular weight excluding hydrogens is 416 g/mol. The fraction of sp³-hybridized carbons (Fsp3) is 0.773. The number of urea groups is 1. The van der Waals surface area contributed by atoms with Crippen LogP contribution in [0.3, 0.4) is 0 Å². The first-order chi connectivity index (χ1) is 15.2. The normalized spacial score (nSPS) is 28.0. The molecule has 1 saturated carbocycles. The van der Waals surface area contributed by atoms with Crippen LogP contribution in [0.2, 0.25) is 0 Å². The second kappa shape index (κ2) is 9.87. The third kappa shape index (κ3) is 4.73. The zero-order chi connectivity index (χ0) is 23.5. The summed E-state index contributed by atoms with van der Waals surface area (Å²) in [5, 5.41) is 2.83. The monoisotopic (exact) mass is 450 g/mol. The standard InChI is InChI=1S/C22H34N4O6/c1-4-32-19(29)16-9-7-11-25(12-16)18(28)13-24(3)17(27)14-26-20(30)22(23-21(26)31)10-6-5-8-15(22)2/h15-16H,4-14H2,1-3H3,(H,23,31). The highest BCUT2D eigenvalue weighted by Gasteiger charge is 2.55. The maximum Gasteiger partial charge on any atom is 0.325 e. The van der Waals surface area contributed by atoms with E-state index in [0.29, 0.717) is 32.4 Å². The van der Waals surface area contributed by atoms with Gasteiger partial charge in [0.1, 0.15) is 12.1 Å². The molecule has 3 atom stereocenters. The fourth-order valence-corrected chi connectivity index (χ4v) is 4.94. The third-order valence-corrected chi connectivity index (χ3v) is 6.99. The molecule has 32 heavy (non-hydrogen) atoms. The van der Waals surface area contributed by atoms with Gasteiger partial charge in [0.05, 0.1) is 19.1 Å². The third-order valence-electron chi connectivity index (χ3n) is 6.99. The zero-order valence-corrected chi connectivity index (χ0v) is 19.2. The summed E-state index contributed by atoms with van der Waals surface area (Å²) in [6.45, 7) is 4.20. The van der Waals surface area contributed by atoms with Crippen LogP contribution in [0.4, 0.5) is 4.79 Å². The molecule has 10 heteroatoms. The largest absolute Gasteiger partial charge is 0.466 e. The second-order valence-electron chi connectivity index (χ2n) is 9.12. The van der Waals surface area contributed by atoms with Crippen LogP contribution >= 0.6 is 0 Å². The predicted octanol–water partition coefficient (Wildman–Crippen LogP) is 0.747. The fourth-order valence-electron chi connectivity index (χ4n) is 4.94. The Balaban J connectivity index is 1.55. The summed E-state index contributed by atoms with van der Waals surface area (Å²) < 4.78 is 5.06. The van der Waals surface area contributed by atoms with Gasteiger partial charge in [0, 0.05) is 20.1 Å². The van der Waals surface area contributed by atoms with Gasteiger partial charge in [-0.15, -0.1) is 0 Å². The van der Waals surface area contributed by atoms with E-state index in [1.165, 1.54) is 11.9 Å². The zero-order valence-electron chi connectivity index (χ0n) is 19.2. The summed E-state index contributed by atoms with van der Waals surface area (Å²) in [7, 11) is 1.48. The van der Waals surface area contributed by atoms with Crippen molar-refractivity contribution in [2.45, 2.75) is 57.9 Å². The Kier molecular flexibility index (Phi) is 7.40. The first kappa shape index (κ1) is 24.0. The maximum atomic E-state index is 13.0. The molecule has 5 amide bonds. The van der Waals surface area contributed by atoms with Crippen molar-refractivity contribution in [3.63, 3.8) is 0 Å². The first-order valence-corrected chi connectivity index (χ1v) is 11.5. The van der Waals surface area contributed by atoms with Crippen molar-refractivity contribution < 1.29 is 28.7 Å². The quantitative estimate of drug-likeness (QED) is 0.471. The van der Waals surface area contributed by atoms with Crippen molar-refractivity contribution in [2.24, 2.45) is 11.8 Å². The average Bonchev–Trinajstić information content (AvgIpc) is 3.00. The minimum Gasteiger partial charge on any atom is -0.466 e. The Bertz CT molecular complexity index is 786. The van der Waals surface area contributed by atoms with E-state index in [-0.39, 0.29) is 42.7 Å². The van der Waals surface area contributed by atoms with Crippen LogP contribution in [0.1, 0.15) is 52.4 Å². The van der Waals surface area contributed by atoms with Gasteiger partial charge in [-0.25, -0.2) is 4.79 Å².